The molecule has 0 unspecified atom stereocenters. The van der Waals surface area contributed by atoms with Crippen molar-refractivity contribution in [3.05, 3.63) is 24.3 Å². The van der Waals surface area contributed by atoms with Gasteiger partial charge in [-0.3, -0.25) is 4.99 Å². The van der Waals surface area contributed by atoms with Crippen molar-refractivity contribution in [3.63, 3.8) is 0 Å². The van der Waals surface area contributed by atoms with Crippen LogP contribution in [0.4, 0.5) is 5.69 Å². The minimum atomic E-state index is -2.98. The minimum Gasteiger partial charge on any atom is -0.497 e. The topological polar surface area (TPSA) is 74.2 Å². The highest BCUT2D eigenvalue weighted by Gasteiger charge is 2.20. The molecule has 1 aliphatic rings. The van der Waals surface area contributed by atoms with E-state index < -0.39 is 9.84 Å². The maximum atomic E-state index is 11.6. The van der Waals surface area contributed by atoms with Crippen LogP contribution >= 0.6 is 24.0 Å². The summed E-state index contributed by atoms with van der Waals surface area (Å²) in [6, 6.07) is 8.09. The first kappa shape index (κ1) is 23.8. The second kappa shape index (κ2) is 11.6. The number of anilines is 1. The molecule has 1 N–H and O–H groups in total. The predicted octanol–water partition coefficient (Wildman–Crippen LogP) is 1.84. The number of nitrogens with one attached hydrogen (secondary N) is 1. The van der Waals surface area contributed by atoms with Gasteiger partial charge in [-0.25, -0.2) is 8.42 Å². The number of ether oxygens (including phenoxy) is 1. The highest BCUT2D eigenvalue weighted by atomic mass is 127. The fourth-order valence-electron chi connectivity index (χ4n) is 2.83. The summed E-state index contributed by atoms with van der Waals surface area (Å²) >= 11 is 0. The smallest absolute Gasteiger partial charge is 0.194 e. The van der Waals surface area contributed by atoms with Crippen LogP contribution in [-0.2, 0) is 9.84 Å². The molecule has 0 aliphatic carbocycles. The third-order valence-electron chi connectivity index (χ3n) is 4.46. The van der Waals surface area contributed by atoms with Crippen LogP contribution in [0.5, 0.6) is 5.75 Å². The van der Waals surface area contributed by atoms with E-state index in [2.05, 4.69) is 32.2 Å². The van der Waals surface area contributed by atoms with E-state index >= 15 is 0 Å². The molecule has 1 aliphatic heterocycles. The summed E-state index contributed by atoms with van der Waals surface area (Å²) in [6.07, 6.45) is 0. The number of sulfone groups is 1. The van der Waals surface area contributed by atoms with Gasteiger partial charge in [-0.05, 0) is 31.2 Å². The first-order valence-electron chi connectivity index (χ1n) is 9.11. The maximum Gasteiger partial charge on any atom is 0.194 e. The van der Waals surface area contributed by atoms with Gasteiger partial charge >= 0.3 is 0 Å². The molecule has 9 heteroatoms. The minimum absolute atomic E-state index is 0. The number of rotatable bonds is 7. The van der Waals surface area contributed by atoms with Gasteiger partial charge in [0.05, 0.1) is 19.4 Å². The van der Waals surface area contributed by atoms with Crippen molar-refractivity contribution in [2.45, 2.75) is 13.8 Å². The van der Waals surface area contributed by atoms with E-state index in [9.17, 15) is 8.42 Å². The van der Waals surface area contributed by atoms with Crippen molar-refractivity contribution >= 4 is 45.5 Å². The Morgan fingerprint density at radius 2 is 1.78 bits per heavy atom. The van der Waals surface area contributed by atoms with Crippen LogP contribution in [0.15, 0.2) is 29.3 Å². The van der Waals surface area contributed by atoms with E-state index in [1.807, 2.05) is 19.1 Å². The summed E-state index contributed by atoms with van der Waals surface area (Å²) in [6.45, 7) is 8.23. The Kier molecular flexibility index (Phi) is 10.2. The van der Waals surface area contributed by atoms with Crippen molar-refractivity contribution in [2.75, 3.05) is 62.8 Å². The number of benzene rings is 1. The predicted molar refractivity (Wildman–Crippen MR) is 123 cm³/mol. The number of piperazine rings is 1. The number of nitrogens with zero attached hydrogens (tertiary/aromatic N) is 3. The van der Waals surface area contributed by atoms with E-state index in [0.29, 0.717) is 6.54 Å². The third-order valence-corrected chi connectivity index (χ3v) is 6.14. The van der Waals surface area contributed by atoms with Crippen LogP contribution in [0.3, 0.4) is 0 Å². The molecule has 1 heterocycles. The van der Waals surface area contributed by atoms with Crippen molar-refractivity contribution in [1.82, 2.24) is 10.2 Å². The Balaban J connectivity index is 0.00000364. The average molecular weight is 510 g/mol. The normalized spacial score (nSPS) is 15.3. The second-order valence-electron chi connectivity index (χ2n) is 6.14. The first-order chi connectivity index (χ1) is 12.5. The van der Waals surface area contributed by atoms with Crippen LogP contribution in [0.2, 0.25) is 0 Å². The zero-order valence-corrected chi connectivity index (χ0v) is 19.5. The molecule has 0 radical (unpaired) electrons. The number of halogens is 1. The van der Waals surface area contributed by atoms with Crippen molar-refractivity contribution in [1.29, 1.82) is 0 Å². The number of hydrogen-bond donors (Lipinski definition) is 1. The van der Waals surface area contributed by atoms with Gasteiger partial charge in [0.15, 0.2) is 15.8 Å². The first-order valence-corrected chi connectivity index (χ1v) is 10.9. The summed E-state index contributed by atoms with van der Waals surface area (Å²) in [7, 11) is -1.32. The SMILES string of the molecule is CCNC(=NCCS(=O)(=O)CC)N1CCN(c2ccc(OC)cc2)CC1.I. The molecule has 27 heavy (non-hydrogen) atoms. The van der Waals surface area contributed by atoms with Gasteiger partial charge in [-0.2, -0.15) is 0 Å². The Labute approximate surface area is 180 Å². The summed E-state index contributed by atoms with van der Waals surface area (Å²) < 4.78 is 28.5. The molecule has 0 aromatic heterocycles. The van der Waals surface area contributed by atoms with E-state index in [4.69, 9.17) is 4.74 Å². The molecule has 1 aromatic rings. The molecular formula is C18H31IN4O3S. The zero-order valence-electron chi connectivity index (χ0n) is 16.3. The summed E-state index contributed by atoms with van der Waals surface area (Å²) in [5.41, 5.74) is 1.18. The largest absolute Gasteiger partial charge is 0.497 e. The highest BCUT2D eigenvalue weighted by molar-refractivity contribution is 14.0. The molecule has 2 rings (SSSR count). The van der Waals surface area contributed by atoms with Gasteiger partial charge in [0.2, 0.25) is 0 Å². The number of aliphatic imine (C=N–C) groups is 1. The summed E-state index contributed by atoms with van der Waals surface area (Å²) in [5, 5.41) is 3.27. The van der Waals surface area contributed by atoms with Crippen molar-refractivity contribution in [2.24, 2.45) is 4.99 Å². The molecule has 154 valence electrons. The molecule has 0 saturated carbocycles. The second-order valence-corrected chi connectivity index (χ2v) is 8.62. The number of hydrogen-bond acceptors (Lipinski definition) is 5. The molecule has 0 atom stereocenters. The Hall–Kier alpha value is -1.23. The molecule has 1 saturated heterocycles. The summed E-state index contributed by atoms with van der Waals surface area (Å²) in [4.78, 5) is 9.04. The Morgan fingerprint density at radius 1 is 1.15 bits per heavy atom. The standard InChI is InChI=1S/C18H30N4O3S.HI/c1-4-19-18(20-10-15-26(23,24)5-2)22-13-11-21(12-14-22)16-6-8-17(25-3)9-7-16;/h6-9H,4-5,10-15H2,1-3H3,(H,19,20);1H. The van der Waals surface area contributed by atoms with E-state index in [1.54, 1.807) is 14.0 Å². The molecule has 0 spiro atoms. The van der Waals surface area contributed by atoms with Crippen LogP contribution in [0.25, 0.3) is 0 Å². The van der Waals surface area contributed by atoms with Crippen LogP contribution in [0.1, 0.15) is 13.8 Å². The van der Waals surface area contributed by atoms with Gasteiger partial charge < -0.3 is 19.9 Å². The van der Waals surface area contributed by atoms with E-state index in [-0.39, 0.29) is 35.5 Å². The van der Waals surface area contributed by atoms with Gasteiger partial charge in [0, 0.05) is 44.2 Å². The van der Waals surface area contributed by atoms with Gasteiger partial charge in [0.25, 0.3) is 0 Å². The van der Waals surface area contributed by atoms with E-state index in [0.717, 1.165) is 44.4 Å². The van der Waals surface area contributed by atoms with Gasteiger partial charge in [-0.15, -0.1) is 24.0 Å². The maximum absolute atomic E-state index is 11.6. The number of guanidine groups is 1. The molecule has 0 amide bonds. The Bertz CT molecular complexity index is 687. The average Bonchev–Trinajstić information content (AvgIpc) is 2.67. The van der Waals surface area contributed by atoms with Gasteiger partial charge in [-0.1, -0.05) is 6.92 Å². The molecular weight excluding hydrogens is 479 g/mol. The quantitative estimate of drug-likeness (QED) is 0.343. The van der Waals surface area contributed by atoms with Crippen LogP contribution in [0, 0.1) is 0 Å². The van der Waals surface area contributed by atoms with Crippen molar-refractivity contribution < 1.29 is 13.2 Å². The van der Waals surface area contributed by atoms with Gasteiger partial charge in [0.1, 0.15) is 5.75 Å². The monoisotopic (exact) mass is 510 g/mol. The van der Waals surface area contributed by atoms with Crippen LogP contribution in [-0.4, -0.2) is 77.2 Å². The molecule has 1 fully saturated rings. The third kappa shape index (κ3) is 7.36. The highest BCUT2D eigenvalue weighted by Crippen LogP contribution is 2.20. The van der Waals surface area contributed by atoms with E-state index in [1.165, 1.54) is 5.69 Å². The molecule has 1 aromatic carbocycles. The lowest BCUT2D eigenvalue weighted by Crippen LogP contribution is -2.52. The lowest BCUT2D eigenvalue weighted by atomic mass is 10.2. The zero-order chi connectivity index (χ0) is 19.0. The summed E-state index contributed by atoms with van der Waals surface area (Å²) in [5.74, 6) is 1.92. The Morgan fingerprint density at radius 3 is 2.30 bits per heavy atom. The lowest BCUT2D eigenvalue weighted by molar-refractivity contribution is 0.372. The molecule has 7 nitrogen and oxygen atoms in total. The molecule has 0 bridgehead atoms. The lowest BCUT2D eigenvalue weighted by Gasteiger charge is -2.37. The fraction of sp³-hybridized carbons (Fsp3) is 0.611. The van der Waals surface area contributed by atoms with Crippen molar-refractivity contribution in [3.8, 4) is 5.75 Å². The fourth-order valence-corrected chi connectivity index (χ4v) is 3.49. The van der Waals surface area contributed by atoms with Crippen LogP contribution < -0.4 is 15.0 Å². The number of methoxy groups -OCH3 is 1.